The van der Waals surface area contributed by atoms with E-state index in [1.807, 2.05) is 0 Å². The monoisotopic (exact) mass is 229 g/mol. The maximum atomic E-state index is 13.7. The van der Waals surface area contributed by atoms with Crippen molar-refractivity contribution in [2.75, 3.05) is 13.2 Å². The van der Waals surface area contributed by atoms with Crippen molar-refractivity contribution >= 4 is 5.97 Å². The van der Waals surface area contributed by atoms with Crippen LogP contribution < -0.4 is 5.73 Å². The van der Waals surface area contributed by atoms with Crippen molar-refractivity contribution in [3.8, 4) is 0 Å². The highest BCUT2D eigenvalue weighted by Gasteiger charge is 2.23. The van der Waals surface area contributed by atoms with E-state index in [0.717, 1.165) is 0 Å². The number of nitrogens with two attached hydrogens (primary N) is 1. The van der Waals surface area contributed by atoms with Crippen molar-refractivity contribution in [2.24, 2.45) is 12.8 Å². The predicted octanol–water partition coefficient (Wildman–Crippen LogP) is 0.956. The first-order chi connectivity index (χ1) is 7.60. The minimum Gasteiger partial charge on any atom is -0.461 e. The molecule has 90 valence electrons. The largest absolute Gasteiger partial charge is 0.461 e. The van der Waals surface area contributed by atoms with Gasteiger partial charge in [-0.15, -0.1) is 0 Å². The van der Waals surface area contributed by atoms with E-state index in [-0.39, 0.29) is 30.8 Å². The quantitative estimate of drug-likeness (QED) is 0.763. The first kappa shape index (κ1) is 12.6. The average molecular weight is 229 g/mol. The van der Waals surface area contributed by atoms with Gasteiger partial charge in [0.15, 0.2) is 5.69 Å². The van der Waals surface area contributed by atoms with Crippen molar-refractivity contribution in [3.05, 3.63) is 17.5 Å². The number of nitrogens with zero attached hydrogens (tertiary/aromatic N) is 2. The highest BCUT2D eigenvalue weighted by molar-refractivity contribution is 5.88. The molecule has 0 aliphatic carbocycles. The number of hydrogen-bond donors (Lipinski definition) is 1. The summed E-state index contributed by atoms with van der Waals surface area (Å²) < 4.78 is 19.9. The molecule has 0 aliphatic heterocycles. The Morgan fingerprint density at radius 3 is 3.00 bits per heavy atom. The molecule has 1 rings (SSSR count). The number of ether oxygens (including phenoxy) is 1. The van der Waals surface area contributed by atoms with Gasteiger partial charge in [0.2, 0.25) is 0 Å². The second kappa shape index (κ2) is 5.60. The second-order valence-corrected chi connectivity index (χ2v) is 3.37. The van der Waals surface area contributed by atoms with Gasteiger partial charge in [0.05, 0.1) is 6.61 Å². The molecule has 0 fully saturated rings. The molecule has 1 unspecified atom stereocenters. The molecule has 5 nitrogen and oxygen atoms in total. The third-order valence-corrected chi connectivity index (χ3v) is 2.08. The molecule has 1 heterocycles. The van der Waals surface area contributed by atoms with Crippen LogP contribution in [0.25, 0.3) is 0 Å². The zero-order chi connectivity index (χ0) is 12.1. The number of esters is 1. The van der Waals surface area contributed by atoms with Crippen LogP contribution >= 0.6 is 0 Å². The van der Waals surface area contributed by atoms with Gasteiger partial charge in [-0.25, -0.2) is 9.18 Å². The van der Waals surface area contributed by atoms with E-state index in [0.29, 0.717) is 0 Å². The molecular weight excluding hydrogens is 213 g/mol. The molecule has 16 heavy (non-hydrogen) atoms. The van der Waals surface area contributed by atoms with E-state index in [1.54, 1.807) is 14.0 Å². The lowest BCUT2D eigenvalue weighted by Gasteiger charge is -2.06. The van der Waals surface area contributed by atoms with Gasteiger partial charge in [0, 0.05) is 18.8 Å². The Morgan fingerprint density at radius 1 is 1.75 bits per heavy atom. The molecule has 0 amide bonds. The van der Waals surface area contributed by atoms with Crippen LogP contribution in [0.15, 0.2) is 6.20 Å². The van der Waals surface area contributed by atoms with Crippen molar-refractivity contribution in [3.63, 3.8) is 0 Å². The maximum Gasteiger partial charge on any atom is 0.359 e. The van der Waals surface area contributed by atoms with Gasteiger partial charge in [0.1, 0.15) is 6.17 Å². The molecule has 0 saturated carbocycles. The molecule has 0 aliphatic rings. The fourth-order valence-corrected chi connectivity index (χ4v) is 1.40. The summed E-state index contributed by atoms with van der Waals surface area (Å²) in [6.45, 7) is 2.15. The summed E-state index contributed by atoms with van der Waals surface area (Å²) in [6, 6.07) is 0. The van der Waals surface area contributed by atoms with Gasteiger partial charge in [-0.05, 0) is 19.9 Å². The second-order valence-electron chi connectivity index (χ2n) is 3.37. The zero-order valence-electron chi connectivity index (χ0n) is 9.44. The Hall–Kier alpha value is -1.43. The number of aryl methyl sites for hydroxylation is 1. The summed E-state index contributed by atoms with van der Waals surface area (Å²) in [7, 11) is 1.63. The van der Waals surface area contributed by atoms with Crippen molar-refractivity contribution in [1.82, 2.24) is 9.78 Å². The molecule has 1 aromatic heterocycles. The van der Waals surface area contributed by atoms with Crippen LogP contribution in [0.3, 0.4) is 0 Å². The normalized spacial score (nSPS) is 12.5. The lowest BCUT2D eigenvalue weighted by molar-refractivity contribution is 0.0515. The highest BCUT2D eigenvalue weighted by Crippen LogP contribution is 2.23. The van der Waals surface area contributed by atoms with Crippen LogP contribution in [0.4, 0.5) is 4.39 Å². The van der Waals surface area contributed by atoms with Crippen LogP contribution in [0.2, 0.25) is 0 Å². The standard InChI is InChI=1S/C10H16FN3O2/c1-3-16-10(15)9-7(6-14(2)13-9)8(11)4-5-12/h6,8H,3-5,12H2,1-2H3. The Kier molecular flexibility index (Phi) is 4.42. The Morgan fingerprint density at radius 2 is 2.44 bits per heavy atom. The third kappa shape index (κ3) is 2.79. The van der Waals surface area contributed by atoms with Crippen molar-refractivity contribution in [1.29, 1.82) is 0 Å². The van der Waals surface area contributed by atoms with Gasteiger partial charge in [-0.3, -0.25) is 4.68 Å². The molecule has 6 heteroatoms. The molecule has 0 spiro atoms. The SMILES string of the molecule is CCOC(=O)c1nn(C)cc1C(F)CCN. The number of carbonyl (C=O) groups excluding carboxylic acids is 1. The van der Waals surface area contributed by atoms with Crippen molar-refractivity contribution < 1.29 is 13.9 Å². The lowest BCUT2D eigenvalue weighted by atomic mass is 10.1. The maximum absolute atomic E-state index is 13.7. The fourth-order valence-electron chi connectivity index (χ4n) is 1.40. The van der Waals surface area contributed by atoms with E-state index in [4.69, 9.17) is 10.5 Å². The molecule has 0 aromatic carbocycles. The average Bonchev–Trinajstić information content (AvgIpc) is 2.61. The number of rotatable bonds is 5. The number of hydrogen-bond acceptors (Lipinski definition) is 4. The minimum atomic E-state index is -1.28. The molecular formula is C10H16FN3O2. The molecule has 1 aromatic rings. The van der Waals surface area contributed by atoms with Gasteiger partial charge in [-0.2, -0.15) is 5.10 Å². The van der Waals surface area contributed by atoms with Gasteiger partial charge in [-0.1, -0.05) is 0 Å². The van der Waals surface area contributed by atoms with Crippen molar-refractivity contribution in [2.45, 2.75) is 19.5 Å². The molecule has 0 radical (unpaired) electrons. The summed E-state index contributed by atoms with van der Waals surface area (Å²) in [5, 5.41) is 3.89. The summed E-state index contributed by atoms with van der Waals surface area (Å²) in [6.07, 6.45) is 0.364. The summed E-state index contributed by atoms with van der Waals surface area (Å²) >= 11 is 0. The zero-order valence-corrected chi connectivity index (χ0v) is 9.44. The molecule has 1 atom stereocenters. The summed E-state index contributed by atoms with van der Waals surface area (Å²) in [5.74, 6) is -0.599. The molecule has 0 saturated heterocycles. The van der Waals surface area contributed by atoms with Gasteiger partial charge < -0.3 is 10.5 Å². The van der Waals surface area contributed by atoms with Crippen LogP contribution in [-0.4, -0.2) is 28.9 Å². The van der Waals surface area contributed by atoms with Crippen LogP contribution in [0.1, 0.15) is 35.6 Å². The number of halogens is 1. The topological polar surface area (TPSA) is 70.1 Å². The highest BCUT2D eigenvalue weighted by atomic mass is 19.1. The Bertz CT molecular complexity index is 365. The number of alkyl halides is 1. The summed E-state index contributed by atoms with van der Waals surface area (Å²) in [4.78, 5) is 11.5. The predicted molar refractivity (Wildman–Crippen MR) is 56.7 cm³/mol. The van der Waals surface area contributed by atoms with E-state index >= 15 is 0 Å². The summed E-state index contributed by atoms with van der Waals surface area (Å²) in [5.41, 5.74) is 5.55. The van der Waals surface area contributed by atoms with Gasteiger partial charge >= 0.3 is 5.97 Å². The first-order valence-corrected chi connectivity index (χ1v) is 5.15. The van der Waals surface area contributed by atoms with E-state index < -0.39 is 12.1 Å². The third-order valence-electron chi connectivity index (χ3n) is 2.08. The molecule has 2 N–H and O–H groups in total. The lowest BCUT2D eigenvalue weighted by Crippen LogP contribution is -2.11. The number of carbonyl (C=O) groups is 1. The van der Waals surface area contributed by atoms with Crippen LogP contribution in [-0.2, 0) is 11.8 Å². The molecule has 0 bridgehead atoms. The minimum absolute atomic E-state index is 0.0327. The Labute approximate surface area is 93.4 Å². The van der Waals surface area contributed by atoms with Crippen LogP contribution in [0, 0.1) is 0 Å². The first-order valence-electron chi connectivity index (χ1n) is 5.15. The fraction of sp³-hybridized carbons (Fsp3) is 0.600. The van der Waals surface area contributed by atoms with E-state index in [2.05, 4.69) is 5.10 Å². The number of aromatic nitrogens is 2. The van der Waals surface area contributed by atoms with Crippen LogP contribution in [0.5, 0.6) is 0 Å². The smallest absolute Gasteiger partial charge is 0.359 e. The van der Waals surface area contributed by atoms with E-state index in [1.165, 1.54) is 10.9 Å². The van der Waals surface area contributed by atoms with E-state index in [9.17, 15) is 9.18 Å². The Balaban J connectivity index is 2.95. The van der Waals surface area contributed by atoms with Gasteiger partial charge in [0.25, 0.3) is 0 Å².